The van der Waals surface area contributed by atoms with E-state index >= 15 is 0 Å². The van der Waals surface area contributed by atoms with Gasteiger partial charge in [0, 0.05) is 26.7 Å². The average Bonchev–Trinajstić information content (AvgIpc) is 3.17. The van der Waals surface area contributed by atoms with Crippen molar-refractivity contribution in [2.75, 3.05) is 39.9 Å². The number of ether oxygens (including phenoxy) is 2. The highest BCUT2D eigenvalue weighted by Crippen LogP contribution is 2.22. The van der Waals surface area contributed by atoms with Gasteiger partial charge in [0.05, 0.1) is 13.2 Å². The van der Waals surface area contributed by atoms with Crippen LogP contribution in [0.4, 0.5) is 0 Å². The van der Waals surface area contributed by atoms with Crippen LogP contribution < -0.4 is 0 Å². The van der Waals surface area contributed by atoms with Gasteiger partial charge in [-0.3, -0.25) is 0 Å². The fraction of sp³-hybridized carbons (Fsp3) is 1.00. The lowest BCUT2D eigenvalue weighted by Gasteiger charge is -2.27. The van der Waals surface area contributed by atoms with E-state index in [1.54, 1.807) is 14.2 Å². The molecule has 0 spiro atoms. The lowest BCUT2D eigenvalue weighted by atomic mass is 10.5. The Labute approximate surface area is 110 Å². The molecule has 17 heavy (non-hydrogen) atoms. The van der Waals surface area contributed by atoms with Gasteiger partial charge < -0.3 is 18.3 Å². The molecule has 0 amide bonds. The third-order valence-corrected chi connectivity index (χ3v) is 6.97. The summed E-state index contributed by atoms with van der Waals surface area (Å²) in [6.07, 6.45) is 2.27. The zero-order valence-electron chi connectivity index (χ0n) is 10.7. The predicted molar refractivity (Wildman–Crippen MR) is 69.9 cm³/mol. The monoisotopic (exact) mass is 282 g/mol. The van der Waals surface area contributed by atoms with Crippen LogP contribution in [0.15, 0.2) is 0 Å². The van der Waals surface area contributed by atoms with E-state index in [1.165, 1.54) is 0 Å². The van der Waals surface area contributed by atoms with Crippen molar-refractivity contribution in [2.45, 2.75) is 31.0 Å². The zero-order valence-corrected chi connectivity index (χ0v) is 12.5. The first-order valence-electron chi connectivity index (χ1n) is 6.12. The van der Waals surface area contributed by atoms with Crippen LogP contribution in [0.3, 0.4) is 0 Å². The maximum atomic E-state index is 5.72. The Hall–Kier alpha value is 0.347. The van der Waals surface area contributed by atoms with Gasteiger partial charge in [-0.1, -0.05) is 0 Å². The van der Waals surface area contributed by atoms with Crippen molar-refractivity contribution >= 4 is 20.2 Å². The van der Waals surface area contributed by atoms with Crippen LogP contribution in [-0.4, -0.2) is 54.6 Å². The number of halogens is 1. The minimum Gasteiger partial charge on any atom is -0.398 e. The van der Waals surface area contributed by atoms with E-state index < -0.39 is 8.56 Å². The Balaban J connectivity index is 2.12. The molecule has 0 radical (unpaired) electrons. The molecule has 1 saturated heterocycles. The molecule has 1 aliphatic rings. The third kappa shape index (κ3) is 6.17. The molecular weight excluding hydrogens is 260 g/mol. The smallest absolute Gasteiger partial charge is 0.337 e. The van der Waals surface area contributed by atoms with E-state index in [2.05, 4.69) is 0 Å². The standard InChI is InChI=1S/C11H23ClO4Si/c1-13-17(14-2,7-3-5-12)8-4-6-15-9-11-10-16-11/h11H,3-10H2,1-2H3. The van der Waals surface area contributed by atoms with Crippen molar-refractivity contribution in [1.82, 2.24) is 0 Å². The van der Waals surface area contributed by atoms with Gasteiger partial charge in [0.1, 0.15) is 6.10 Å². The molecular formula is C11H23ClO4Si. The van der Waals surface area contributed by atoms with E-state index in [0.29, 0.717) is 12.0 Å². The van der Waals surface area contributed by atoms with Crippen LogP contribution in [-0.2, 0) is 18.3 Å². The molecule has 0 aromatic rings. The molecule has 1 heterocycles. The highest BCUT2D eigenvalue weighted by Gasteiger charge is 2.34. The van der Waals surface area contributed by atoms with Gasteiger partial charge in [-0.2, -0.15) is 0 Å². The van der Waals surface area contributed by atoms with E-state index in [0.717, 1.165) is 44.8 Å². The number of hydrogen-bond donors (Lipinski definition) is 0. The van der Waals surface area contributed by atoms with Gasteiger partial charge in [0.2, 0.25) is 0 Å². The van der Waals surface area contributed by atoms with Crippen LogP contribution in [0.5, 0.6) is 0 Å². The summed E-state index contributed by atoms with van der Waals surface area (Å²) in [6.45, 7) is 2.32. The largest absolute Gasteiger partial charge is 0.398 e. The Morgan fingerprint density at radius 1 is 1.24 bits per heavy atom. The number of alkyl halides is 1. The van der Waals surface area contributed by atoms with Crippen molar-refractivity contribution in [2.24, 2.45) is 0 Å². The molecule has 0 aliphatic carbocycles. The van der Waals surface area contributed by atoms with Gasteiger partial charge in [-0.25, -0.2) is 0 Å². The molecule has 6 heteroatoms. The fourth-order valence-electron chi connectivity index (χ4n) is 1.78. The molecule has 0 aromatic heterocycles. The third-order valence-electron chi connectivity index (χ3n) is 2.99. The summed E-state index contributed by atoms with van der Waals surface area (Å²) in [7, 11) is 1.46. The lowest BCUT2D eigenvalue weighted by molar-refractivity contribution is 0.114. The summed E-state index contributed by atoms with van der Waals surface area (Å²) in [5, 5.41) is 0. The first-order chi connectivity index (χ1) is 8.26. The summed E-state index contributed by atoms with van der Waals surface area (Å²) >= 11 is 5.72. The fourth-order valence-corrected chi connectivity index (χ4v) is 4.76. The van der Waals surface area contributed by atoms with Crippen LogP contribution in [0.1, 0.15) is 12.8 Å². The minimum absolute atomic E-state index is 0.345. The molecule has 1 rings (SSSR count). The summed E-state index contributed by atoms with van der Waals surface area (Å²) < 4.78 is 21.8. The van der Waals surface area contributed by atoms with Crippen LogP contribution >= 0.6 is 11.6 Å². The van der Waals surface area contributed by atoms with Gasteiger partial charge in [-0.15, -0.1) is 11.6 Å². The normalized spacial score (nSPS) is 19.6. The Bertz CT molecular complexity index is 198. The summed E-state index contributed by atoms with van der Waals surface area (Å²) in [5.41, 5.74) is 0. The van der Waals surface area contributed by atoms with Crippen molar-refractivity contribution in [1.29, 1.82) is 0 Å². The highest BCUT2D eigenvalue weighted by atomic mass is 35.5. The van der Waals surface area contributed by atoms with Gasteiger partial charge in [0.25, 0.3) is 0 Å². The maximum absolute atomic E-state index is 5.72. The minimum atomic E-state index is -2.02. The molecule has 1 aliphatic heterocycles. The van der Waals surface area contributed by atoms with E-state index in [9.17, 15) is 0 Å². The predicted octanol–water partition coefficient (Wildman–Crippen LogP) is 2.16. The van der Waals surface area contributed by atoms with Crippen molar-refractivity contribution in [3.05, 3.63) is 0 Å². The van der Waals surface area contributed by atoms with Gasteiger partial charge >= 0.3 is 8.56 Å². The molecule has 102 valence electrons. The van der Waals surface area contributed by atoms with E-state index in [4.69, 9.17) is 29.9 Å². The van der Waals surface area contributed by atoms with Crippen LogP contribution in [0.2, 0.25) is 12.1 Å². The van der Waals surface area contributed by atoms with E-state index in [1.807, 2.05) is 0 Å². The van der Waals surface area contributed by atoms with E-state index in [-0.39, 0.29) is 0 Å². The second kappa shape index (κ2) is 8.45. The topological polar surface area (TPSA) is 40.2 Å². The van der Waals surface area contributed by atoms with Crippen LogP contribution in [0, 0.1) is 0 Å². The van der Waals surface area contributed by atoms with Crippen LogP contribution in [0.25, 0.3) is 0 Å². The van der Waals surface area contributed by atoms with Crippen molar-refractivity contribution < 1.29 is 18.3 Å². The molecule has 0 saturated carbocycles. The molecule has 0 N–H and O–H groups in total. The molecule has 1 atom stereocenters. The quantitative estimate of drug-likeness (QED) is 0.252. The molecule has 0 aromatic carbocycles. The Morgan fingerprint density at radius 3 is 2.41 bits per heavy atom. The SMILES string of the molecule is CO[Si](CCCCl)(CCCOCC1CO1)OC. The lowest BCUT2D eigenvalue weighted by Crippen LogP contribution is -2.40. The average molecular weight is 283 g/mol. The Kier molecular flexibility index (Phi) is 7.66. The first kappa shape index (κ1) is 15.4. The van der Waals surface area contributed by atoms with Gasteiger partial charge in [-0.05, 0) is 24.9 Å². The number of rotatable bonds is 11. The summed E-state index contributed by atoms with van der Waals surface area (Å²) in [6, 6.07) is 1.91. The molecule has 0 bridgehead atoms. The van der Waals surface area contributed by atoms with Gasteiger partial charge in [0.15, 0.2) is 0 Å². The Morgan fingerprint density at radius 2 is 1.88 bits per heavy atom. The molecule has 1 unspecified atom stereocenters. The summed E-state index contributed by atoms with van der Waals surface area (Å²) in [5.74, 6) is 0.664. The second-order valence-electron chi connectivity index (χ2n) is 4.25. The van der Waals surface area contributed by atoms with Crippen molar-refractivity contribution in [3.8, 4) is 0 Å². The number of hydrogen-bond acceptors (Lipinski definition) is 4. The zero-order chi connectivity index (χ0) is 12.6. The molecule has 4 nitrogen and oxygen atoms in total. The number of epoxide rings is 1. The summed E-state index contributed by atoms with van der Waals surface area (Å²) in [4.78, 5) is 0. The molecule has 1 fully saturated rings. The highest BCUT2D eigenvalue weighted by molar-refractivity contribution is 6.67. The van der Waals surface area contributed by atoms with Crippen molar-refractivity contribution in [3.63, 3.8) is 0 Å². The second-order valence-corrected chi connectivity index (χ2v) is 8.26. The first-order valence-corrected chi connectivity index (χ1v) is 8.88. The maximum Gasteiger partial charge on any atom is 0.337 e.